The summed E-state index contributed by atoms with van der Waals surface area (Å²) in [6, 6.07) is 2.13. The summed E-state index contributed by atoms with van der Waals surface area (Å²) in [6.07, 6.45) is 4.84. The Balaban J connectivity index is 1.79. The summed E-state index contributed by atoms with van der Waals surface area (Å²) in [5.74, 6) is 0.501. The fourth-order valence-electron chi connectivity index (χ4n) is 2.55. The van der Waals surface area contributed by atoms with Gasteiger partial charge in [-0.15, -0.1) is 11.3 Å². The Morgan fingerprint density at radius 3 is 3.20 bits per heavy atom. The molecular weight excluding hydrogens is 208 g/mol. The molecule has 15 heavy (non-hydrogen) atoms. The first-order valence-electron chi connectivity index (χ1n) is 5.33. The Bertz CT molecular complexity index is 409. The van der Waals surface area contributed by atoms with Crippen molar-refractivity contribution in [2.45, 2.75) is 43.8 Å². The van der Waals surface area contributed by atoms with Gasteiger partial charge in [-0.3, -0.25) is 0 Å². The third kappa shape index (κ3) is 1.56. The molecule has 0 N–H and O–H groups in total. The molecule has 2 saturated heterocycles. The zero-order valence-corrected chi connectivity index (χ0v) is 9.17. The van der Waals surface area contributed by atoms with Gasteiger partial charge in [-0.1, -0.05) is 0 Å². The van der Waals surface area contributed by atoms with E-state index in [1.807, 2.05) is 5.38 Å². The van der Waals surface area contributed by atoms with Crippen molar-refractivity contribution in [3.8, 4) is 6.07 Å². The van der Waals surface area contributed by atoms with E-state index in [0.29, 0.717) is 24.5 Å². The zero-order valence-electron chi connectivity index (χ0n) is 8.35. The van der Waals surface area contributed by atoms with Crippen LogP contribution in [0, 0.1) is 11.3 Å². The van der Waals surface area contributed by atoms with E-state index in [0.717, 1.165) is 12.1 Å². The lowest BCUT2D eigenvalue weighted by molar-refractivity contribution is 0.101. The number of fused-ring (bicyclic) bond motifs is 2. The SMILES string of the molecule is N#CCc1csc(C2CC3CCC2O3)n1. The molecule has 3 heterocycles. The lowest BCUT2D eigenvalue weighted by Gasteiger charge is -2.15. The van der Waals surface area contributed by atoms with E-state index < -0.39 is 0 Å². The normalized spacial score (nSPS) is 33.1. The third-order valence-corrected chi connectivity index (χ3v) is 4.28. The van der Waals surface area contributed by atoms with Crippen molar-refractivity contribution in [3.05, 3.63) is 16.1 Å². The maximum absolute atomic E-state index is 8.59. The minimum Gasteiger partial charge on any atom is -0.374 e. The van der Waals surface area contributed by atoms with Gasteiger partial charge in [-0.25, -0.2) is 4.98 Å². The van der Waals surface area contributed by atoms with Gasteiger partial charge in [-0.2, -0.15) is 5.26 Å². The van der Waals surface area contributed by atoms with Crippen LogP contribution in [0.1, 0.15) is 35.9 Å². The molecule has 4 heteroatoms. The zero-order chi connectivity index (χ0) is 10.3. The molecule has 0 aliphatic carbocycles. The first kappa shape index (κ1) is 9.32. The Kier molecular flexibility index (Phi) is 2.23. The summed E-state index contributed by atoms with van der Waals surface area (Å²) in [4.78, 5) is 4.52. The van der Waals surface area contributed by atoms with E-state index in [2.05, 4.69) is 11.1 Å². The van der Waals surface area contributed by atoms with Crippen LogP contribution in [-0.2, 0) is 11.2 Å². The monoisotopic (exact) mass is 220 g/mol. The summed E-state index contributed by atoms with van der Waals surface area (Å²) >= 11 is 1.68. The van der Waals surface area contributed by atoms with E-state index in [4.69, 9.17) is 10.00 Å². The Hall–Kier alpha value is -0.920. The highest BCUT2D eigenvalue weighted by atomic mass is 32.1. The van der Waals surface area contributed by atoms with Crippen LogP contribution in [0.4, 0.5) is 0 Å². The standard InChI is InChI=1S/C11H12N2OS/c12-4-3-7-6-15-11(13-7)9-5-8-1-2-10(9)14-8/h6,8-10H,1-3,5H2. The van der Waals surface area contributed by atoms with Crippen molar-refractivity contribution < 1.29 is 4.74 Å². The molecule has 1 aromatic heterocycles. The quantitative estimate of drug-likeness (QED) is 0.768. The van der Waals surface area contributed by atoms with Crippen LogP contribution < -0.4 is 0 Å². The number of hydrogen-bond donors (Lipinski definition) is 0. The van der Waals surface area contributed by atoms with Crippen molar-refractivity contribution in [2.75, 3.05) is 0 Å². The van der Waals surface area contributed by atoms with Crippen molar-refractivity contribution >= 4 is 11.3 Å². The predicted octanol–water partition coefficient (Wildman–Crippen LogP) is 2.24. The Labute approximate surface area is 92.7 Å². The minimum absolute atomic E-state index is 0.399. The lowest BCUT2D eigenvalue weighted by Crippen LogP contribution is -2.14. The maximum Gasteiger partial charge on any atom is 0.0986 e. The molecule has 2 aliphatic heterocycles. The van der Waals surface area contributed by atoms with Crippen LogP contribution in [0.3, 0.4) is 0 Å². The highest BCUT2D eigenvalue weighted by Crippen LogP contribution is 2.45. The fraction of sp³-hybridized carbons (Fsp3) is 0.636. The fourth-order valence-corrected chi connectivity index (χ4v) is 3.54. The topological polar surface area (TPSA) is 45.9 Å². The van der Waals surface area contributed by atoms with Gasteiger partial charge in [0, 0.05) is 11.3 Å². The highest BCUT2D eigenvalue weighted by molar-refractivity contribution is 7.09. The Morgan fingerprint density at radius 2 is 2.53 bits per heavy atom. The molecule has 2 aliphatic rings. The van der Waals surface area contributed by atoms with E-state index in [-0.39, 0.29) is 0 Å². The van der Waals surface area contributed by atoms with Crippen LogP contribution in [0.2, 0.25) is 0 Å². The molecule has 2 fully saturated rings. The molecule has 0 aromatic carbocycles. The van der Waals surface area contributed by atoms with Gasteiger partial charge in [-0.05, 0) is 19.3 Å². The smallest absolute Gasteiger partial charge is 0.0986 e. The summed E-state index contributed by atoms with van der Waals surface area (Å²) in [6.45, 7) is 0. The highest BCUT2D eigenvalue weighted by Gasteiger charge is 2.42. The largest absolute Gasteiger partial charge is 0.374 e. The van der Waals surface area contributed by atoms with Crippen molar-refractivity contribution in [3.63, 3.8) is 0 Å². The maximum atomic E-state index is 8.59. The van der Waals surface area contributed by atoms with Gasteiger partial charge in [0.05, 0.1) is 35.4 Å². The van der Waals surface area contributed by atoms with E-state index in [1.54, 1.807) is 11.3 Å². The molecule has 3 rings (SSSR count). The molecule has 3 unspecified atom stereocenters. The van der Waals surface area contributed by atoms with Gasteiger partial charge in [0.15, 0.2) is 0 Å². The summed E-state index contributed by atoms with van der Waals surface area (Å²) in [5, 5.41) is 11.8. The van der Waals surface area contributed by atoms with Gasteiger partial charge >= 0.3 is 0 Å². The summed E-state index contributed by atoms with van der Waals surface area (Å²) in [7, 11) is 0. The van der Waals surface area contributed by atoms with E-state index in [1.165, 1.54) is 17.8 Å². The van der Waals surface area contributed by atoms with Gasteiger partial charge in [0.1, 0.15) is 0 Å². The predicted molar refractivity (Wildman–Crippen MR) is 56.7 cm³/mol. The molecule has 2 bridgehead atoms. The molecule has 1 aromatic rings. The van der Waals surface area contributed by atoms with E-state index >= 15 is 0 Å². The van der Waals surface area contributed by atoms with Crippen LogP contribution >= 0.6 is 11.3 Å². The van der Waals surface area contributed by atoms with Crippen molar-refractivity contribution in [1.82, 2.24) is 4.98 Å². The number of nitriles is 1. The van der Waals surface area contributed by atoms with Crippen LogP contribution in [0.15, 0.2) is 5.38 Å². The number of hydrogen-bond acceptors (Lipinski definition) is 4. The summed E-state index contributed by atoms with van der Waals surface area (Å²) in [5.41, 5.74) is 0.917. The molecule has 78 valence electrons. The number of thiazole rings is 1. The lowest BCUT2D eigenvalue weighted by atomic mass is 9.90. The summed E-state index contributed by atoms with van der Waals surface area (Å²) < 4.78 is 5.81. The van der Waals surface area contributed by atoms with Crippen LogP contribution in [0.25, 0.3) is 0 Å². The van der Waals surface area contributed by atoms with Gasteiger partial charge in [0.2, 0.25) is 0 Å². The first-order valence-corrected chi connectivity index (χ1v) is 6.21. The second kappa shape index (κ2) is 3.58. The number of rotatable bonds is 2. The van der Waals surface area contributed by atoms with Crippen molar-refractivity contribution in [2.24, 2.45) is 0 Å². The van der Waals surface area contributed by atoms with Crippen LogP contribution in [0.5, 0.6) is 0 Å². The van der Waals surface area contributed by atoms with Gasteiger partial charge < -0.3 is 4.74 Å². The van der Waals surface area contributed by atoms with Crippen molar-refractivity contribution in [1.29, 1.82) is 5.26 Å². The molecule has 0 amide bonds. The molecule has 0 saturated carbocycles. The Morgan fingerprint density at radius 1 is 1.60 bits per heavy atom. The average molecular weight is 220 g/mol. The molecule has 3 atom stereocenters. The van der Waals surface area contributed by atoms with E-state index in [9.17, 15) is 0 Å². The van der Waals surface area contributed by atoms with Crippen LogP contribution in [-0.4, -0.2) is 17.2 Å². The molecule has 0 radical (unpaired) electrons. The number of aromatic nitrogens is 1. The second-order valence-electron chi connectivity index (χ2n) is 4.23. The number of ether oxygens (including phenoxy) is 1. The molecular formula is C11H12N2OS. The molecule has 3 nitrogen and oxygen atoms in total. The first-order chi connectivity index (χ1) is 7.36. The minimum atomic E-state index is 0.399. The number of nitrogens with zero attached hydrogens (tertiary/aromatic N) is 2. The van der Waals surface area contributed by atoms with Gasteiger partial charge in [0.25, 0.3) is 0 Å². The third-order valence-electron chi connectivity index (χ3n) is 3.25. The average Bonchev–Trinajstić information content (AvgIpc) is 2.91. The molecule has 0 spiro atoms. The second-order valence-corrected chi connectivity index (χ2v) is 5.12.